The number of nitrogen functional groups attached to an aromatic ring is 1. The van der Waals surface area contributed by atoms with Gasteiger partial charge in [-0.1, -0.05) is 31.9 Å². The first-order valence-corrected chi connectivity index (χ1v) is 9.41. The lowest BCUT2D eigenvalue weighted by atomic mass is 10.3. The predicted octanol–water partition coefficient (Wildman–Crippen LogP) is 4.41. The minimum absolute atomic E-state index is 0.201. The molecule has 0 unspecified atom stereocenters. The van der Waals surface area contributed by atoms with E-state index in [-0.39, 0.29) is 4.47 Å². The Morgan fingerprint density at radius 1 is 0.875 bits per heavy atom. The van der Waals surface area contributed by atoms with Gasteiger partial charge in [0.25, 0.3) is 0 Å². The topological polar surface area (TPSA) is 72.2 Å². The molecule has 0 aliphatic heterocycles. The second-order valence-electron chi connectivity index (χ2n) is 4.40. The molecule has 2 aromatic carbocycles. The molecule has 3 N–H and O–H groups in total. The highest BCUT2D eigenvalue weighted by atomic mass is 79.9. The maximum Gasteiger partial charge on any atom is 0.230 e. The van der Waals surface area contributed by atoms with Crippen LogP contribution < -0.4 is 10.5 Å². The molecule has 0 radical (unpaired) electrons. The first-order chi connectivity index (χ1) is 10.9. The molecule has 0 spiro atoms. The van der Waals surface area contributed by atoms with Crippen molar-refractivity contribution in [3.63, 3.8) is 0 Å². The van der Waals surface area contributed by atoms with Crippen molar-refractivity contribution in [1.82, 2.24) is 0 Å². The summed E-state index contributed by atoms with van der Waals surface area (Å²) < 4.78 is 74.7. The SMILES string of the molecule is CS(=O)(=O)Nc1c(F)cc(Br)cc1F.Nc1c(F)cc(Br)cc1F. The molecule has 11 heteroatoms. The molecule has 0 aliphatic rings. The van der Waals surface area contributed by atoms with E-state index in [1.54, 1.807) is 4.72 Å². The molecular formula is C13H10Br2F4N2O2S. The monoisotopic (exact) mass is 492 g/mol. The highest BCUT2D eigenvalue weighted by Gasteiger charge is 2.13. The van der Waals surface area contributed by atoms with Crippen LogP contribution in [0.25, 0.3) is 0 Å². The van der Waals surface area contributed by atoms with Crippen molar-refractivity contribution in [3.05, 3.63) is 56.5 Å². The van der Waals surface area contributed by atoms with Gasteiger partial charge in [0.1, 0.15) is 23.0 Å². The number of hydrogen-bond donors (Lipinski definition) is 2. The standard InChI is InChI=1S/C7H6BrF2NO2S.C6H4BrF2N/c1-14(12,13)11-7-5(9)2-4(8)3-6(7)10;7-3-1-4(8)6(10)5(9)2-3/h2-3,11H,1H3;1-2H,10H2. The van der Waals surface area contributed by atoms with Gasteiger partial charge in [-0.15, -0.1) is 0 Å². The largest absolute Gasteiger partial charge is 0.394 e. The van der Waals surface area contributed by atoms with E-state index in [0.29, 0.717) is 4.47 Å². The van der Waals surface area contributed by atoms with Gasteiger partial charge < -0.3 is 5.73 Å². The summed E-state index contributed by atoms with van der Waals surface area (Å²) in [7, 11) is -3.68. The summed E-state index contributed by atoms with van der Waals surface area (Å²) in [6, 6.07) is 4.16. The van der Waals surface area contributed by atoms with E-state index in [1.165, 1.54) is 0 Å². The van der Waals surface area contributed by atoms with Crippen LogP contribution in [0.3, 0.4) is 0 Å². The average Bonchev–Trinajstić information content (AvgIpc) is 2.40. The highest BCUT2D eigenvalue weighted by molar-refractivity contribution is 9.10. The van der Waals surface area contributed by atoms with Crippen LogP contribution in [0.1, 0.15) is 0 Å². The molecule has 0 fully saturated rings. The molecule has 0 saturated heterocycles. The zero-order valence-corrected chi connectivity index (χ0v) is 15.9. The number of rotatable bonds is 2. The lowest BCUT2D eigenvalue weighted by Gasteiger charge is -2.06. The van der Waals surface area contributed by atoms with Crippen LogP contribution in [0, 0.1) is 23.3 Å². The van der Waals surface area contributed by atoms with Crippen LogP contribution in [0.15, 0.2) is 33.2 Å². The van der Waals surface area contributed by atoms with Gasteiger partial charge in [-0.25, -0.2) is 26.0 Å². The fourth-order valence-corrected chi connectivity index (χ4v) is 2.75. The van der Waals surface area contributed by atoms with E-state index < -0.39 is 44.7 Å². The van der Waals surface area contributed by atoms with E-state index in [9.17, 15) is 26.0 Å². The Morgan fingerprint density at radius 2 is 1.21 bits per heavy atom. The van der Waals surface area contributed by atoms with Gasteiger partial charge in [0.2, 0.25) is 10.0 Å². The normalized spacial score (nSPS) is 10.8. The Balaban J connectivity index is 0.000000254. The van der Waals surface area contributed by atoms with Gasteiger partial charge in [0.15, 0.2) is 11.6 Å². The van der Waals surface area contributed by atoms with Crippen LogP contribution >= 0.6 is 31.9 Å². The number of nitrogens with two attached hydrogens (primary N) is 1. The summed E-state index contributed by atoms with van der Waals surface area (Å²) in [4.78, 5) is 0. The van der Waals surface area contributed by atoms with Crippen molar-refractivity contribution in [2.45, 2.75) is 0 Å². The molecule has 4 nitrogen and oxygen atoms in total. The Hall–Kier alpha value is -1.33. The minimum atomic E-state index is -3.68. The Kier molecular flexibility index (Phi) is 7.05. The maximum atomic E-state index is 13.0. The van der Waals surface area contributed by atoms with Gasteiger partial charge in [-0.2, -0.15) is 0 Å². The number of hydrogen-bond acceptors (Lipinski definition) is 3. The molecule has 0 atom stereocenters. The number of nitrogens with one attached hydrogen (secondary N) is 1. The van der Waals surface area contributed by atoms with Crippen LogP contribution in [-0.2, 0) is 10.0 Å². The molecule has 132 valence electrons. The van der Waals surface area contributed by atoms with Gasteiger partial charge in [0.05, 0.1) is 6.26 Å². The molecule has 0 aromatic heterocycles. The van der Waals surface area contributed by atoms with E-state index in [2.05, 4.69) is 31.9 Å². The van der Waals surface area contributed by atoms with Crippen LogP contribution in [0.2, 0.25) is 0 Å². The molecule has 0 aliphatic carbocycles. The van der Waals surface area contributed by atoms with Gasteiger partial charge in [-0.05, 0) is 24.3 Å². The molecule has 0 saturated carbocycles. The smallest absolute Gasteiger partial charge is 0.230 e. The van der Waals surface area contributed by atoms with Crippen molar-refractivity contribution in [2.75, 3.05) is 16.7 Å². The summed E-state index contributed by atoms with van der Waals surface area (Å²) in [6.45, 7) is 0. The van der Waals surface area contributed by atoms with E-state index in [4.69, 9.17) is 5.73 Å². The third-order valence-electron chi connectivity index (χ3n) is 2.34. The lowest BCUT2D eigenvalue weighted by molar-refractivity contribution is 0.583. The number of anilines is 2. The first kappa shape index (κ1) is 20.7. The van der Waals surface area contributed by atoms with Crippen molar-refractivity contribution in [1.29, 1.82) is 0 Å². The summed E-state index contributed by atoms with van der Waals surface area (Å²) in [5.74, 6) is -3.43. The number of benzene rings is 2. The molecule has 0 bridgehead atoms. The van der Waals surface area contributed by atoms with Gasteiger partial charge in [0, 0.05) is 8.95 Å². The summed E-state index contributed by atoms with van der Waals surface area (Å²) >= 11 is 5.78. The zero-order chi connectivity index (χ0) is 18.7. The second kappa shape index (κ2) is 8.17. The van der Waals surface area contributed by atoms with Crippen molar-refractivity contribution >= 4 is 53.3 Å². The van der Waals surface area contributed by atoms with E-state index in [0.717, 1.165) is 30.5 Å². The third kappa shape index (κ3) is 6.29. The van der Waals surface area contributed by atoms with Crippen LogP contribution in [0.4, 0.5) is 28.9 Å². The highest BCUT2D eigenvalue weighted by Crippen LogP contribution is 2.24. The average molecular weight is 494 g/mol. The molecule has 2 aromatic rings. The van der Waals surface area contributed by atoms with Crippen molar-refractivity contribution in [2.24, 2.45) is 0 Å². The molecule has 0 amide bonds. The number of halogens is 6. The van der Waals surface area contributed by atoms with E-state index >= 15 is 0 Å². The Labute approximate surface area is 152 Å². The Morgan fingerprint density at radius 3 is 1.54 bits per heavy atom. The molecule has 0 heterocycles. The van der Waals surface area contributed by atoms with Gasteiger partial charge in [-0.3, -0.25) is 4.72 Å². The van der Waals surface area contributed by atoms with Crippen LogP contribution in [-0.4, -0.2) is 14.7 Å². The fraction of sp³-hybridized carbons (Fsp3) is 0.0769. The fourth-order valence-electron chi connectivity index (χ4n) is 1.38. The van der Waals surface area contributed by atoms with Crippen molar-refractivity contribution < 1.29 is 26.0 Å². The summed E-state index contributed by atoms with van der Waals surface area (Å²) in [6.07, 6.45) is 0.813. The molecule has 2 rings (SSSR count). The minimum Gasteiger partial charge on any atom is -0.394 e. The summed E-state index contributed by atoms with van der Waals surface area (Å²) in [5, 5.41) is 0. The quantitative estimate of drug-likeness (QED) is 0.481. The second-order valence-corrected chi connectivity index (χ2v) is 7.98. The lowest BCUT2D eigenvalue weighted by Crippen LogP contribution is -2.12. The third-order valence-corrected chi connectivity index (χ3v) is 3.83. The number of sulfonamides is 1. The van der Waals surface area contributed by atoms with E-state index in [1.807, 2.05) is 0 Å². The maximum absolute atomic E-state index is 13.0. The van der Waals surface area contributed by atoms with Crippen LogP contribution in [0.5, 0.6) is 0 Å². The first-order valence-electron chi connectivity index (χ1n) is 5.93. The van der Waals surface area contributed by atoms with Gasteiger partial charge >= 0.3 is 0 Å². The Bertz CT molecular complexity index is 817. The predicted molar refractivity (Wildman–Crippen MR) is 91.0 cm³/mol. The van der Waals surface area contributed by atoms with Crippen molar-refractivity contribution in [3.8, 4) is 0 Å². The summed E-state index contributed by atoms with van der Waals surface area (Å²) in [5.41, 5.74) is 3.87. The zero-order valence-electron chi connectivity index (χ0n) is 11.9. The molecular weight excluding hydrogens is 484 g/mol. The molecule has 24 heavy (non-hydrogen) atoms.